The summed E-state index contributed by atoms with van der Waals surface area (Å²) < 4.78 is 52.2. The minimum absolute atomic E-state index is 0.288. The van der Waals surface area contributed by atoms with Gasteiger partial charge in [-0.2, -0.15) is 0 Å². The van der Waals surface area contributed by atoms with Crippen LogP contribution < -0.4 is 0 Å². The van der Waals surface area contributed by atoms with E-state index in [9.17, 15) is 17.6 Å². The summed E-state index contributed by atoms with van der Waals surface area (Å²) in [6, 6.07) is 1.75. The Hall–Kier alpha value is -0.310. The van der Waals surface area contributed by atoms with E-state index in [1.165, 1.54) is 4.57 Å². The Morgan fingerprint density at radius 3 is 2.53 bits per heavy atom. The molecule has 1 aromatic rings. The van der Waals surface area contributed by atoms with Gasteiger partial charge in [0.25, 0.3) is 12.3 Å². The minimum atomic E-state index is -2.62. The van der Waals surface area contributed by atoms with Crippen molar-refractivity contribution in [2.45, 2.75) is 25.4 Å². The number of hydrogen-bond donors (Lipinski definition) is 0. The highest BCUT2D eigenvalue weighted by molar-refractivity contribution is 14.1. The molecule has 2 heterocycles. The molecule has 0 radical (unpaired) electrons. The first-order chi connectivity index (χ1) is 7.85. The first-order valence-corrected chi connectivity index (χ1v) is 6.16. The first kappa shape index (κ1) is 13.1. The highest BCUT2D eigenvalue weighted by atomic mass is 127. The molecule has 1 aliphatic heterocycles. The molecule has 0 saturated carbocycles. The molecule has 1 aromatic heterocycles. The molecule has 0 bridgehead atoms. The molecular weight excluding hydrogens is 351 g/mol. The van der Waals surface area contributed by atoms with Crippen LogP contribution in [0.15, 0.2) is 12.3 Å². The SMILES string of the molecule is FC(F)Cn1cc(I)cc1CN1CC(F)(F)C1. The lowest BCUT2D eigenvalue weighted by atomic mass is 10.1. The van der Waals surface area contributed by atoms with Crippen molar-refractivity contribution in [3.8, 4) is 0 Å². The Morgan fingerprint density at radius 1 is 1.35 bits per heavy atom. The van der Waals surface area contributed by atoms with Gasteiger partial charge in [0.2, 0.25) is 0 Å². The van der Waals surface area contributed by atoms with Crippen LogP contribution in [-0.4, -0.2) is 34.9 Å². The maximum Gasteiger partial charge on any atom is 0.272 e. The van der Waals surface area contributed by atoms with E-state index in [1.807, 2.05) is 22.6 Å². The summed E-state index contributed by atoms with van der Waals surface area (Å²) >= 11 is 2.02. The molecule has 0 unspecified atom stereocenters. The summed E-state index contributed by atoms with van der Waals surface area (Å²) in [5.74, 6) is -2.62. The van der Waals surface area contributed by atoms with Gasteiger partial charge in [0.1, 0.15) is 0 Å². The molecule has 7 heteroatoms. The number of rotatable bonds is 4. The predicted molar refractivity (Wildman–Crippen MR) is 63.4 cm³/mol. The fraction of sp³-hybridized carbons (Fsp3) is 0.600. The molecule has 0 aromatic carbocycles. The van der Waals surface area contributed by atoms with Crippen LogP contribution in [0.5, 0.6) is 0 Å². The molecule has 0 N–H and O–H groups in total. The monoisotopic (exact) mass is 362 g/mol. The van der Waals surface area contributed by atoms with E-state index >= 15 is 0 Å². The zero-order valence-corrected chi connectivity index (χ0v) is 11.0. The third-order valence-corrected chi connectivity index (χ3v) is 3.17. The van der Waals surface area contributed by atoms with Gasteiger partial charge in [-0.15, -0.1) is 0 Å². The number of nitrogens with zero attached hydrogens (tertiary/aromatic N) is 2. The molecule has 1 aliphatic rings. The molecule has 1 saturated heterocycles. The number of likely N-dealkylation sites (tertiary alicyclic amines) is 1. The molecule has 17 heavy (non-hydrogen) atoms. The topological polar surface area (TPSA) is 8.17 Å². The quantitative estimate of drug-likeness (QED) is 0.591. The van der Waals surface area contributed by atoms with Gasteiger partial charge >= 0.3 is 0 Å². The summed E-state index contributed by atoms with van der Waals surface area (Å²) in [6.07, 6.45) is -0.824. The van der Waals surface area contributed by atoms with Gasteiger partial charge < -0.3 is 4.57 Å². The van der Waals surface area contributed by atoms with Crippen LogP contribution in [0.25, 0.3) is 0 Å². The van der Waals surface area contributed by atoms with Crippen molar-refractivity contribution in [3.05, 3.63) is 21.5 Å². The Bertz CT molecular complexity index is 397. The fourth-order valence-electron chi connectivity index (χ4n) is 1.92. The van der Waals surface area contributed by atoms with Crippen LogP contribution in [0.4, 0.5) is 17.6 Å². The van der Waals surface area contributed by atoms with E-state index in [0.29, 0.717) is 12.2 Å². The van der Waals surface area contributed by atoms with Crippen molar-refractivity contribution in [2.24, 2.45) is 0 Å². The standard InChI is InChI=1S/C10H11F4IN2/c11-9(12)4-17-2-7(15)1-8(17)3-16-5-10(13,14)6-16/h1-2,9H,3-6H2. The predicted octanol–water partition coefficient (Wildman–Crippen LogP) is 2.81. The zero-order valence-electron chi connectivity index (χ0n) is 8.84. The van der Waals surface area contributed by atoms with Gasteiger partial charge in [0, 0.05) is 22.0 Å². The number of hydrogen-bond acceptors (Lipinski definition) is 1. The Balaban J connectivity index is 2.00. The van der Waals surface area contributed by atoms with Crippen LogP contribution in [-0.2, 0) is 13.1 Å². The second-order valence-corrected chi connectivity index (χ2v) is 5.44. The van der Waals surface area contributed by atoms with Crippen molar-refractivity contribution >= 4 is 22.6 Å². The second kappa shape index (κ2) is 4.75. The lowest BCUT2D eigenvalue weighted by Gasteiger charge is -2.38. The fourth-order valence-corrected chi connectivity index (χ4v) is 2.61. The van der Waals surface area contributed by atoms with Crippen LogP contribution in [0.3, 0.4) is 0 Å². The van der Waals surface area contributed by atoms with Gasteiger partial charge in [-0.1, -0.05) is 0 Å². The molecule has 2 nitrogen and oxygen atoms in total. The average Bonchev–Trinajstić information content (AvgIpc) is 2.42. The lowest BCUT2D eigenvalue weighted by Crippen LogP contribution is -2.55. The van der Waals surface area contributed by atoms with Gasteiger partial charge in [0.05, 0.1) is 19.6 Å². The molecular formula is C10H11F4IN2. The lowest BCUT2D eigenvalue weighted by molar-refractivity contribution is -0.134. The summed E-state index contributed by atoms with van der Waals surface area (Å²) in [6.45, 7) is -0.666. The van der Waals surface area contributed by atoms with Crippen LogP contribution in [0, 0.1) is 3.57 Å². The molecule has 2 rings (SSSR count). The van der Waals surface area contributed by atoms with Crippen molar-refractivity contribution in [1.29, 1.82) is 0 Å². The highest BCUT2D eigenvalue weighted by Crippen LogP contribution is 2.28. The van der Waals surface area contributed by atoms with E-state index in [1.54, 1.807) is 17.2 Å². The Labute approximate surface area is 110 Å². The molecule has 0 spiro atoms. The van der Waals surface area contributed by atoms with Crippen LogP contribution in [0.2, 0.25) is 0 Å². The number of alkyl halides is 4. The van der Waals surface area contributed by atoms with Crippen molar-refractivity contribution in [2.75, 3.05) is 13.1 Å². The largest absolute Gasteiger partial charge is 0.343 e. The third-order valence-electron chi connectivity index (χ3n) is 2.58. The average molecular weight is 362 g/mol. The second-order valence-electron chi connectivity index (χ2n) is 4.19. The van der Waals surface area contributed by atoms with Crippen molar-refractivity contribution < 1.29 is 17.6 Å². The highest BCUT2D eigenvalue weighted by Gasteiger charge is 2.43. The smallest absolute Gasteiger partial charge is 0.272 e. The summed E-state index contributed by atoms with van der Waals surface area (Å²) in [4.78, 5) is 1.55. The van der Waals surface area contributed by atoms with Crippen LogP contribution in [0.1, 0.15) is 5.69 Å². The van der Waals surface area contributed by atoms with Gasteiger partial charge in [-0.25, -0.2) is 17.6 Å². The van der Waals surface area contributed by atoms with E-state index in [0.717, 1.165) is 3.57 Å². The van der Waals surface area contributed by atoms with Crippen LogP contribution >= 0.6 is 22.6 Å². The van der Waals surface area contributed by atoms with E-state index in [4.69, 9.17) is 0 Å². The van der Waals surface area contributed by atoms with Crippen molar-refractivity contribution in [3.63, 3.8) is 0 Å². The minimum Gasteiger partial charge on any atom is -0.343 e. The van der Waals surface area contributed by atoms with Crippen molar-refractivity contribution in [1.82, 2.24) is 9.47 Å². The van der Waals surface area contributed by atoms with Gasteiger partial charge in [0.15, 0.2) is 0 Å². The normalized spacial score (nSPS) is 19.6. The molecule has 96 valence electrons. The maximum atomic E-state index is 12.6. The molecule has 1 fully saturated rings. The summed E-state index contributed by atoms with van der Waals surface area (Å²) in [5, 5.41) is 0. The van der Waals surface area contributed by atoms with Gasteiger partial charge in [-0.05, 0) is 28.7 Å². The molecule has 0 amide bonds. The van der Waals surface area contributed by atoms with E-state index in [2.05, 4.69) is 0 Å². The van der Waals surface area contributed by atoms with E-state index < -0.39 is 12.3 Å². The number of halogens is 5. The molecule has 0 atom stereocenters. The van der Waals surface area contributed by atoms with E-state index in [-0.39, 0.29) is 19.6 Å². The Morgan fingerprint density at radius 2 is 2.00 bits per heavy atom. The number of aromatic nitrogens is 1. The first-order valence-electron chi connectivity index (χ1n) is 5.09. The maximum absolute atomic E-state index is 12.6. The summed E-state index contributed by atoms with van der Waals surface area (Å²) in [5.41, 5.74) is 0.658. The van der Waals surface area contributed by atoms with Gasteiger partial charge in [-0.3, -0.25) is 4.90 Å². The third kappa shape index (κ3) is 3.34. The Kier molecular flexibility index (Phi) is 3.67. The molecule has 0 aliphatic carbocycles. The summed E-state index contributed by atoms with van der Waals surface area (Å²) in [7, 11) is 0. The zero-order chi connectivity index (χ0) is 12.6.